The Hall–Kier alpha value is -1.32. The van der Waals surface area contributed by atoms with Gasteiger partial charge in [-0.05, 0) is 71.1 Å². The van der Waals surface area contributed by atoms with E-state index in [2.05, 4.69) is 35.0 Å². The van der Waals surface area contributed by atoms with Crippen molar-refractivity contribution in [1.29, 1.82) is 0 Å². The molecular weight excluding hydrogens is 328 g/mol. The summed E-state index contributed by atoms with van der Waals surface area (Å²) in [5, 5.41) is 9.57. The molecule has 0 aliphatic rings. The lowest BCUT2D eigenvalue weighted by Crippen LogP contribution is -1.92. The first-order valence-electron chi connectivity index (χ1n) is 7.34. The van der Waals surface area contributed by atoms with Crippen molar-refractivity contribution in [3.63, 3.8) is 0 Å². The van der Waals surface area contributed by atoms with Crippen molar-refractivity contribution in [2.24, 2.45) is 0 Å². The average molecular weight is 349 g/mol. The molecule has 1 N–H and O–H groups in total. The largest absolute Gasteiger partial charge is 0.456 e. The van der Waals surface area contributed by atoms with E-state index in [0.717, 1.165) is 28.0 Å². The number of aliphatic hydroxyl groups excluding tert-OH is 1. The molecule has 2 rings (SSSR count). The molecule has 0 fully saturated rings. The molecule has 0 bridgehead atoms. The highest BCUT2D eigenvalue weighted by Gasteiger charge is 2.07. The van der Waals surface area contributed by atoms with Crippen LogP contribution in [0.25, 0.3) is 0 Å². The molecule has 0 amide bonds. The number of benzene rings is 2. The summed E-state index contributed by atoms with van der Waals surface area (Å²) in [5.74, 6) is 1.57. The molecule has 0 aliphatic heterocycles. The molecule has 112 valence electrons. The summed E-state index contributed by atoms with van der Waals surface area (Å²) in [6.45, 7) is 3.95. The second-order valence-corrected chi connectivity index (χ2v) is 6.07. The van der Waals surface area contributed by atoms with Gasteiger partial charge in [-0.1, -0.05) is 31.5 Å². The molecule has 2 nitrogen and oxygen atoms in total. The van der Waals surface area contributed by atoms with Gasteiger partial charge in [0.1, 0.15) is 11.5 Å². The third kappa shape index (κ3) is 4.58. The molecule has 0 saturated carbocycles. The van der Waals surface area contributed by atoms with Crippen molar-refractivity contribution in [2.45, 2.75) is 39.2 Å². The minimum absolute atomic E-state index is 0.479. The van der Waals surface area contributed by atoms with Crippen LogP contribution in [-0.4, -0.2) is 5.11 Å². The maximum atomic E-state index is 9.57. The topological polar surface area (TPSA) is 29.5 Å². The monoisotopic (exact) mass is 348 g/mol. The number of hydrogen-bond acceptors (Lipinski definition) is 2. The molecule has 0 heterocycles. The Morgan fingerprint density at radius 3 is 2.43 bits per heavy atom. The second-order valence-electron chi connectivity index (χ2n) is 5.22. The zero-order chi connectivity index (χ0) is 15.2. The molecule has 0 saturated heterocycles. The molecule has 21 heavy (non-hydrogen) atoms. The number of ether oxygens (including phenoxy) is 1. The van der Waals surface area contributed by atoms with E-state index in [-0.39, 0.29) is 0 Å². The van der Waals surface area contributed by atoms with E-state index in [1.165, 1.54) is 18.4 Å². The summed E-state index contributed by atoms with van der Waals surface area (Å²) >= 11 is 3.49. The normalized spacial score (nSPS) is 12.2. The highest BCUT2D eigenvalue weighted by atomic mass is 79.9. The van der Waals surface area contributed by atoms with Gasteiger partial charge in [-0.3, -0.25) is 0 Å². The summed E-state index contributed by atoms with van der Waals surface area (Å²) in [6.07, 6.45) is 3.06. The second kappa shape index (κ2) is 7.62. The number of aliphatic hydroxyl groups is 1. The Bertz CT molecular complexity index is 576. The molecule has 1 unspecified atom stereocenters. The van der Waals surface area contributed by atoms with Crippen LogP contribution < -0.4 is 4.74 Å². The van der Waals surface area contributed by atoms with Crippen molar-refractivity contribution < 1.29 is 9.84 Å². The Balaban J connectivity index is 2.07. The van der Waals surface area contributed by atoms with Crippen LogP contribution >= 0.6 is 15.9 Å². The first kappa shape index (κ1) is 16.1. The van der Waals surface area contributed by atoms with Gasteiger partial charge >= 0.3 is 0 Å². The minimum atomic E-state index is -0.479. The maximum absolute atomic E-state index is 9.57. The fourth-order valence-corrected chi connectivity index (χ4v) is 2.57. The zero-order valence-electron chi connectivity index (χ0n) is 12.5. The first-order valence-corrected chi connectivity index (χ1v) is 8.13. The quantitative estimate of drug-likeness (QED) is 0.732. The van der Waals surface area contributed by atoms with Crippen LogP contribution in [0.15, 0.2) is 46.9 Å². The smallest absolute Gasteiger partial charge is 0.141 e. The van der Waals surface area contributed by atoms with E-state index in [4.69, 9.17) is 4.74 Å². The van der Waals surface area contributed by atoms with Crippen molar-refractivity contribution in [2.75, 3.05) is 0 Å². The van der Waals surface area contributed by atoms with Crippen LogP contribution in [0.4, 0.5) is 0 Å². The zero-order valence-corrected chi connectivity index (χ0v) is 14.1. The van der Waals surface area contributed by atoms with Crippen LogP contribution in [0, 0.1) is 0 Å². The van der Waals surface area contributed by atoms with Gasteiger partial charge in [-0.2, -0.15) is 0 Å². The van der Waals surface area contributed by atoms with Gasteiger partial charge in [0.15, 0.2) is 0 Å². The summed E-state index contributed by atoms with van der Waals surface area (Å²) in [5.41, 5.74) is 2.21. The first-order chi connectivity index (χ1) is 10.1. The lowest BCUT2D eigenvalue weighted by atomic mass is 10.1. The van der Waals surface area contributed by atoms with Gasteiger partial charge in [0.25, 0.3) is 0 Å². The predicted octanol–water partition coefficient (Wildman–Crippen LogP) is 5.64. The third-order valence-corrected chi connectivity index (χ3v) is 4.03. The molecule has 3 heteroatoms. The van der Waals surface area contributed by atoms with Crippen LogP contribution in [0.2, 0.25) is 0 Å². The van der Waals surface area contributed by atoms with Gasteiger partial charge in [-0.25, -0.2) is 0 Å². The third-order valence-electron chi connectivity index (χ3n) is 3.41. The SMILES string of the molecule is CCCCc1ccc(Oc2ccc(C(C)O)cc2Br)cc1. The molecule has 2 aromatic carbocycles. The van der Waals surface area contributed by atoms with Gasteiger partial charge in [-0.15, -0.1) is 0 Å². The maximum Gasteiger partial charge on any atom is 0.141 e. The van der Waals surface area contributed by atoms with Crippen LogP contribution in [-0.2, 0) is 6.42 Å². The molecule has 0 aliphatic carbocycles. The minimum Gasteiger partial charge on any atom is -0.456 e. The van der Waals surface area contributed by atoms with Crippen LogP contribution in [0.5, 0.6) is 11.5 Å². The summed E-state index contributed by atoms with van der Waals surface area (Å²) < 4.78 is 6.72. The van der Waals surface area contributed by atoms with Gasteiger partial charge in [0.2, 0.25) is 0 Å². The molecule has 0 aromatic heterocycles. The molecule has 0 radical (unpaired) electrons. The lowest BCUT2D eigenvalue weighted by molar-refractivity contribution is 0.199. The fraction of sp³-hybridized carbons (Fsp3) is 0.333. The van der Waals surface area contributed by atoms with E-state index < -0.39 is 6.10 Å². The average Bonchev–Trinajstić information content (AvgIpc) is 2.48. The van der Waals surface area contributed by atoms with Crippen molar-refractivity contribution >= 4 is 15.9 Å². The van der Waals surface area contributed by atoms with E-state index in [9.17, 15) is 5.11 Å². The van der Waals surface area contributed by atoms with Crippen LogP contribution in [0.3, 0.4) is 0 Å². The van der Waals surface area contributed by atoms with E-state index in [1.807, 2.05) is 30.3 Å². The van der Waals surface area contributed by atoms with E-state index >= 15 is 0 Å². The van der Waals surface area contributed by atoms with E-state index in [1.54, 1.807) is 6.92 Å². The van der Waals surface area contributed by atoms with Crippen molar-refractivity contribution in [3.8, 4) is 11.5 Å². The summed E-state index contributed by atoms with van der Waals surface area (Å²) in [7, 11) is 0. The van der Waals surface area contributed by atoms with Crippen molar-refractivity contribution in [1.82, 2.24) is 0 Å². The molecule has 2 aromatic rings. The number of aryl methyl sites for hydroxylation is 1. The summed E-state index contributed by atoms with van der Waals surface area (Å²) in [4.78, 5) is 0. The van der Waals surface area contributed by atoms with Crippen molar-refractivity contribution in [3.05, 3.63) is 58.1 Å². The van der Waals surface area contributed by atoms with Gasteiger partial charge in [0.05, 0.1) is 10.6 Å². The summed E-state index contributed by atoms with van der Waals surface area (Å²) in [6, 6.07) is 13.9. The highest BCUT2D eigenvalue weighted by molar-refractivity contribution is 9.10. The van der Waals surface area contributed by atoms with E-state index in [0.29, 0.717) is 0 Å². The molecule has 0 spiro atoms. The van der Waals surface area contributed by atoms with Gasteiger partial charge < -0.3 is 9.84 Å². The number of rotatable bonds is 6. The number of hydrogen-bond donors (Lipinski definition) is 1. The van der Waals surface area contributed by atoms with Crippen LogP contribution in [0.1, 0.15) is 43.9 Å². The Morgan fingerprint density at radius 1 is 1.14 bits per heavy atom. The standard InChI is InChI=1S/C18H21BrO2/c1-3-4-5-14-6-9-16(10-7-14)21-18-11-8-15(13(2)20)12-17(18)19/h6-13,20H,3-5H2,1-2H3. The Kier molecular flexibility index (Phi) is 5.83. The predicted molar refractivity (Wildman–Crippen MR) is 89.9 cm³/mol. The molecular formula is C18H21BrO2. The Morgan fingerprint density at radius 2 is 1.86 bits per heavy atom. The number of halogens is 1. The van der Waals surface area contributed by atoms with Gasteiger partial charge in [0, 0.05) is 0 Å². The number of unbranched alkanes of at least 4 members (excludes halogenated alkanes) is 1. The lowest BCUT2D eigenvalue weighted by Gasteiger charge is -2.11. The molecule has 1 atom stereocenters. The highest BCUT2D eigenvalue weighted by Crippen LogP contribution is 2.32. The Labute approximate surface area is 134 Å². The fourth-order valence-electron chi connectivity index (χ4n) is 2.09.